The lowest BCUT2D eigenvalue weighted by molar-refractivity contribution is -0.137. The number of piperazine rings is 1. The Morgan fingerprint density at radius 1 is 1.10 bits per heavy atom. The van der Waals surface area contributed by atoms with Gasteiger partial charge in [-0.3, -0.25) is 9.52 Å². The summed E-state index contributed by atoms with van der Waals surface area (Å²) < 4.78 is 63.4. The van der Waals surface area contributed by atoms with Crippen LogP contribution in [-0.2, 0) is 16.2 Å². The molecule has 1 aliphatic heterocycles. The lowest BCUT2D eigenvalue weighted by Crippen LogP contribution is -2.49. The van der Waals surface area contributed by atoms with E-state index < -0.39 is 21.8 Å². The highest BCUT2D eigenvalue weighted by Crippen LogP contribution is 2.29. The number of amides is 1. The van der Waals surface area contributed by atoms with Gasteiger partial charge in [0.25, 0.3) is 5.91 Å². The van der Waals surface area contributed by atoms with Crippen molar-refractivity contribution in [1.82, 2.24) is 9.88 Å². The first-order valence-electron chi connectivity index (χ1n) is 9.10. The van der Waals surface area contributed by atoms with Gasteiger partial charge in [0.05, 0.1) is 17.5 Å². The van der Waals surface area contributed by atoms with Crippen molar-refractivity contribution in [2.45, 2.75) is 13.1 Å². The molecule has 1 aromatic heterocycles. The van der Waals surface area contributed by atoms with Gasteiger partial charge in [0, 0.05) is 37.9 Å². The summed E-state index contributed by atoms with van der Waals surface area (Å²) in [6.07, 6.45) is -2.60. The lowest BCUT2D eigenvalue weighted by atomic mass is 10.1. The third-order valence-electron chi connectivity index (χ3n) is 4.75. The topological polar surface area (TPSA) is 82.6 Å². The summed E-state index contributed by atoms with van der Waals surface area (Å²) in [6, 6.07) is 7.12. The molecule has 1 aliphatic rings. The molecule has 162 valence electrons. The zero-order valence-electron chi connectivity index (χ0n) is 16.4. The van der Waals surface area contributed by atoms with E-state index in [4.69, 9.17) is 0 Å². The fraction of sp³-hybridized carbons (Fsp3) is 0.368. The maximum absolute atomic E-state index is 12.8. The highest BCUT2D eigenvalue weighted by Gasteiger charge is 2.31. The first-order chi connectivity index (χ1) is 13.9. The molecule has 0 aliphatic carbocycles. The molecule has 30 heavy (non-hydrogen) atoms. The molecule has 1 saturated heterocycles. The van der Waals surface area contributed by atoms with Crippen molar-refractivity contribution in [1.29, 1.82) is 0 Å². The number of sulfonamides is 1. The number of aromatic nitrogens is 1. The molecular formula is C19H21F3N4O3S. The van der Waals surface area contributed by atoms with E-state index in [0.29, 0.717) is 48.8 Å². The molecule has 2 heterocycles. The second-order valence-corrected chi connectivity index (χ2v) is 8.83. The number of pyridine rings is 1. The van der Waals surface area contributed by atoms with Crippen LogP contribution >= 0.6 is 0 Å². The number of aryl methyl sites for hydroxylation is 1. The van der Waals surface area contributed by atoms with Gasteiger partial charge in [0.1, 0.15) is 5.82 Å². The molecule has 1 fully saturated rings. The first-order valence-corrected chi connectivity index (χ1v) is 11.0. The van der Waals surface area contributed by atoms with E-state index in [1.165, 1.54) is 12.1 Å². The molecule has 1 N–H and O–H groups in total. The number of nitrogens with zero attached hydrogens (tertiary/aromatic N) is 3. The summed E-state index contributed by atoms with van der Waals surface area (Å²) in [7, 11) is -3.48. The van der Waals surface area contributed by atoms with Crippen LogP contribution in [0.4, 0.5) is 24.7 Å². The normalized spacial score (nSPS) is 15.2. The standard InChI is InChI=1S/C19H21F3N4O3S/c1-13-3-4-14(11-16(13)24-30(2,28)29)18(27)26-9-7-25(8-10-26)17-6-5-15(12-23-17)19(20,21)22/h3-6,11-12,24H,7-10H2,1-2H3. The highest BCUT2D eigenvalue weighted by molar-refractivity contribution is 7.92. The number of halogens is 3. The van der Waals surface area contributed by atoms with Crippen molar-refractivity contribution < 1.29 is 26.4 Å². The van der Waals surface area contributed by atoms with Crippen molar-refractivity contribution in [3.63, 3.8) is 0 Å². The molecule has 0 saturated carbocycles. The van der Waals surface area contributed by atoms with Crippen LogP contribution < -0.4 is 9.62 Å². The Hall–Kier alpha value is -2.82. The number of hydrogen-bond donors (Lipinski definition) is 1. The Balaban J connectivity index is 1.66. The van der Waals surface area contributed by atoms with Gasteiger partial charge in [-0.2, -0.15) is 13.2 Å². The number of hydrogen-bond acceptors (Lipinski definition) is 5. The van der Waals surface area contributed by atoms with E-state index in [0.717, 1.165) is 18.5 Å². The van der Waals surface area contributed by atoms with Gasteiger partial charge in [-0.1, -0.05) is 6.07 Å². The summed E-state index contributed by atoms with van der Waals surface area (Å²) in [6.45, 7) is 3.31. The molecule has 0 radical (unpaired) electrons. The quantitative estimate of drug-likeness (QED) is 0.788. The van der Waals surface area contributed by atoms with Crippen molar-refractivity contribution in [2.75, 3.05) is 42.1 Å². The van der Waals surface area contributed by atoms with Crippen LogP contribution in [0.15, 0.2) is 36.5 Å². The Labute approximate surface area is 172 Å². The monoisotopic (exact) mass is 442 g/mol. The minimum atomic E-state index is -4.44. The van der Waals surface area contributed by atoms with Crippen molar-refractivity contribution in [3.8, 4) is 0 Å². The van der Waals surface area contributed by atoms with Gasteiger partial charge < -0.3 is 9.80 Å². The summed E-state index contributed by atoms with van der Waals surface area (Å²) in [5, 5.41) is 0. The van der Waals surface area contributed by atoms with Crippen LogP contribution in [0.25, 0.3) is 0 Å². The molecule has 0 spiro atoms. The van der Waals surface area contributed by atoms with Crippen LogP contribution in [0.5, 0.6) is 0 Å². The molecule has 0 bridgehead atoms. The molecule has 3 rings (SSSR count). The van der Waals surface area contributed by atoms with E-state index in [9.17, 15) is 26.4 Å². The highest BCUT2D eigenvalue weighted by atomic mass is 32.2. The van der Waals surface area contributed by atoms with Crippen LogP contribution in [-0.4, -0.2) is 56.6 Å². The van der Waals surface area contributed by atoms with E-state index in [-0.39, 0.29) is 5.91 Å². The number of rotatable bonds is 4. The first kappa shape index (κ1) is 21.9. The summed E-state index contributed by atoms with van der Waals surface area (Å²) >= 11 is 0. The molecule has 0 unspecified atom stereocenters. The molecular weight excluding hydrogens is 421 g/mol. The molecule has 7 nitrogen and oxygen atoms in total. The van der Waals surface area contributed by atoms with Gasteiger partial charge in [-0.25, -0.2) is 13.4 Å². The van der Waals surface area contributed by atoms with Crippen molar-refractivity contribution in [3.05, 3.63) is 53.2 Å². The fourth-order valence-electron chi connectivity index (χ4n) is 3.13. The molecule has 0 atom stereocenters. The van der Waals surface area contributed by atoms with Gasteiger partial charge in [-0.05, 0) is 36.8 Å². The molecule has 11 heteroatoms. The predicted molar refractivity (Wildman–Crippen MR) is 107 cm³/mol. The number of nitrogens with one attached hydrogen (secondary N) is 1. The minimum absolute atomic E-state index is 0.244. The predicted octanol–water partition coefficient (Wildman–Crippen LogP) is 2.74. The second kappa shape index (κ2) is 8.13. The number of alkyl halides is 3. The van der Waals surface area contributed by atoms with E-state index in [2.05, 4.69) is 9.71 Å². The fourth-order valence-corrected chi connectivity index (χ4v) is 3.75. The largest absolute Gasteiger partial charge is 0.417 e. The number of carbonyl (C=O) groups is 1. The third-order valence-corrected chi connectivity index (χ3v) is 5.34. The Bertz CT molecular complexity index is 1030. The maximum Gasteiger partial charge on any atom is 0.417 e. The Morgan fingerprint density at radius 3 is 2.30 bits per heavy atom. The SMILES string of the molecule is Cc1ccc(C(=O)N2CCN(c3ccc(C(F)(F)F)cn3)CC2)cc1NS(C)(=O)=O. The van der Waals surface area contributed by atoms with E-state index in [1.54, 1.807) is 24.0 Å². The maximum atomic E-state index is 12.8. The summed E-state index contributed by atoms with van der Waals surface area (Å²) in [5.74, 6) is 0.177. The van der Waals surface area contributed by atoms with Gasteiger partial charge in [0.2, 0.25) is 10.0 Å². The van der Waals surface area contributed by atoms with Crippen LogP contribution in [0.1, 0.15) is 21.5 Å². The minimum Gasteiger partial charge on any atom is -0.353 e. The Morgan fingerprint density at radius 2 is 1.77 bits per heavy atom. The van der Waals surface area contributed by atoms with Gasteiger partial charge >= 0.3 is 6.18 Å². The number of benzene rings is 1. The summed E-state index contributed by atoms with van der Waals surface area (Å²) in [4.78, 5) is 20.1. The average molecular weight is 442 g/mol. The Kier molecular flexibility index (Phi) is 5.93. The number of carbonyl (C=O) groups excluding carboxylic acids is 1. The van der Waals surface area contributed by atoms with Crippen LogP contribution in [0, 0.1) is 6.92 Å². The second-order valence-electron chi connectivity index (χ2n) is 7.09. The van der Waals surface area contributed by atoms with E-state index in [1.807, 2.05) is 4.90 Å². The van der Waals surface area contributed by atoms with E-state index >= 15 is 0 Å². The van der Waals surface area contributed by atoms with Crippen LogP contribution in [0.2, 0.25) is 0 Å². The van der Waals surface area contributed by atoms with Gasteiger partial charge in [-0.15, -0.1) is 0 Å². The summed E-state index contributed by atoms with van der Waals surface area (Å²) in [5.41, 5.74) is 0.580. The molecule has 2 aromatic rings. The van der Waals surface area contributed by atoms with Crippen molar-refractivity contribution >= 4 is 27.4 Å². The van der Waals surface area contributed by atoms with Crippen LogP contribution in [0.3, 0.4) is 0 Å². The molecule has 1 amide bonds. The lowest BCUT2D eigenvalue weighted by Gasteiger charge is -2.35. The third kappa shape index (κ3) is 5.21. The number of anilines is 2. The molecule has 1 aromatic carbocycles. The zero-order chi connectivity index (χ0) is 22.1. The zero-order valence-corrected chi connectivity index (χ0v) is 17.2. The smallest absolute Gasteiger partial charge is 0.353 e. The van der Waals surface area contributed by atoms with Crippen molar-refractivity contribution in [2.24, 2.45) is 0 Å². The van der Waals surface area contributed by atoms with Gasteiger partial charge in [0.15, 0.2) is 0 Å². The average Bonchev–Trinajstić information content (AvgIpc) is 2.68.